The number of hydrogen-bond acceptors (Lipinski definition) is 5. The lowest BCUT2D eigenvalue weighted by Gasteiger charge is -2.58. The van der Waals surface area contributed by atoms with Gasteiger partial charge in [0.25, 0.3) is 5.69 Å². The molecule has 4 aliphatic carbocycles. The van der Waals surface area contributed by atoms with Crippen LogP contribution >= 0.6 is 0 Å². The van der Waals surface area contributed by atoms with E-state index in [1.165, 1.54) is 24.6 Å². The number of ether oxygens (including phenoxy) is 1. The SMILES string of the molecule is CC(=O)OC1CCC2(C)C(=CCC3C2CCC2(C)C(C(=O)/C=C/c4cccc([N+](=O)[O-])c4)CCC32)C1. The molecule has 36 heavy (non-hydrogen) atoms. The number of carbonyl (C=O) groups is 2. The number of carbonyl (C=O) groups excluding carboxylic acids is 2. The van der Waals surface area contributed by atoms with E-state index >= 15 is 0 Å². The van der Waals surface area contributed by atoms with Gasteiger partial charge < -0.3 is 4.74 Å². The topological polar surface area (TPSA) is 86.5 Å². The number of nitro groups is 1. The number of benzene rings is 1. The molecule has 0 aromatic heterocycles. The molecule has 6 nitrogen and oxygen atoms in total. The molecule has 0 heterocycles. The summed E-state index contributed by atoms with van der Waals surface area (Å²) >= 11 is 0. The van der Waals surface area contributed by atoms with Gasteiger partial charge in [-0.15, -0.1) is 0 Å². The van der Waals surface area contributed by atoms with Gasteiger partial charge in [-0.2, -0.15) is 0 Å². The third kappa shape index (κ3) is 4.22. The molecule has 0 spiro atoms. The van der Waals surface area contributed by atoms with Crippen molar-refractivity contribution in [2.75, 3.05) is 0 Å². The Bertz CT molecular complexity index is 1140. The zero-order valence-corrected chi connectivity index (χ0v) is 21.6. The Morgan fingerprint density at radius 2 is 1.92 bits per heavy atom. The summed E-state index contributed by atoms with van der Waals surface area (Å²) in [7, 11) is 0. The summed E-state index contributed by atoms with van der Waals surface area (Å²) in [6, 6.07) is 6.43. The lowest BCUT2D eigenvalue weighted by molar-refractivity contribution is -0.384. The van der Waals surface area contributed by atoms with E-state index in [-0.39, 0.29) is 40.3 Å². The maximum absolute atomic E-state index is 13.4. The molecule has 7 unspecified atom stereocenters. The molecule has 4 aliphatic rings. The highest BCUT2D eigenvalue weighted by atomic mass is 16.6. The first kappa shape index (κ1) is 24.9. The summed E-state index contributed by atoms with van der Waals surface area (Å²) in [5, 5.41) is 11.1. The number of hydrogen-bond donors (Lipinski definition) is 0. The fourth-order valence-corrected chi connectivity index (χ4v) is 8.47. The second-order valence-electron chi connectivity index (χ2n) is 12.0. The van der Waals surface area contributed by atoms with E-state index in [2.05, 4.69) is 19.9 Å². The Labute approximate surface area is 213 Å². The average Bonchev–Trinajstić information content (AvgIpc) is 3.20. The summed E-state index contributed by atoms with van der Waals surface area (Å²) in [5.74, 6) is 1.75. The van der Waals surface area contributed by atoms with Crippen molar-refractivity contribution in [3.8, 4) is 0 Å². The Kier molecular flexibility index (Phi) is 6.42. The van der Waals surface area contributed by atoms with Crippen molar-refractivity contribution in [2.45, 2.75) is 78.2 Å². The van der Waals surface area contributed by atoms with Crippen LogP contribution in [0.1, 0.15) is 77.7 Å². The molecular weight excluding hydrogens is 454 g/mol. The van der Waals surface area contributed by atoms with Crippen molar-refractivity contribution in [1.82, 2.24) is 0 Å². The van der Waals surface area contributed by atoms with Crippen LogP contribution in [0, 0.1) is 44.6 Å². The van der Waals surface area contributed by atoms with E-state index in [1.54, 1.807) is 24.3 Å². The van der Waals surface area contributed by atoms with Crippen LogP contribution in [-0.4, -0.2) is 22.8 Å². The number of esters is 1. The molecule has 0 N–H and O–H groups in total. The van der Waals surface area contributed by atoms with E-state index < -0.39 is 4.92 Å². The quantitative estimate of drug-likeness (QED) is 0.151. The lowest BCUT2D eigenvalue weighted by atomic mass is 9.47. The Hall–Kier alpha value is -2.76. The zero-order valence-electron chi connectivity index (χ0n) is 21.6. The summed E-state index contributed by atoms with van der Waals surface area (Å²) in [5.41, 5.74) is 2.38. The van der Waals surface area contributed by atoms with Crippen LogP contribution in [0.4, 0.5) is 5.69 Å². The van der Waals surface area contributed by atoms with Gasteiger partial charge in [0.15, 0.2) is 5.78 Å². The molecule has 7 atom stereocenters. The van der Waals surface area contributed by atoms with Crippen LogP contribution in [-0.2, 0) is 14.3 Å². The maximum atomic E-state index is 13.4. The molecule has 192 valence electrons. The number of nitro benzene ring substituents is 1. The second-order valence-corrected chi connectivity index (χ2v) is 12.0. The Morgan fingerprint density at radius 1 is 1.11 bits per heavy atom. The summed E-state index contributed by atoms with van der Waals surface area (Å²) in [4.78, 5) is 35.6. The predicted molar refractivity (Wildman–Crippen MR) is 138 cm³/mol. The van der Waals surface area contributed by atoms with Crippen LogP contribution in [0.3, 0.4) is 0 Å². The molecule has 3 fully saturated rings. The highest BCUT2D eigenvalue weighted by molar-refractivity contribution is 5.96. The monoisotopic (exact) mass is 491 g/mol. The smallest absolute Gasteiger partial charge is 0.302 e. The van der Waals surface area contributed by atoms with Crippen molar-refractivity contribution in [3.63, 3.8) is 0 Å². The van der Waals surface area contributed by atoms with Gasteiger partial charge in [0, 0.05) is 31.4 Å². The van der Waals surface area contributed by atoms with Crippen molar-refractivity contribution in [2.24, 2.45) is 34.5 Å². The van der Waals surface area contributed by atoms with Crippen molar-refractivity contribution < 1.29 is 19.2 Å². The largest absolute Gasteiger partial charge is 0.462 e. The first-order valence-corrected chi connectivity index (χ1v) is 13.4. The summed E-state index contributed by atoms with van der Waals surface area (Å²) in [6.07, 6.45) is 14.0. The third-order valence-electron chi connectivity index (χ3n) is 10.3. The van der Waals surface area contributed by atoms with Crippen LogP contribution in [0.15, 0.2) is 42.0 Å². The number of nitrogens with zero attached hydrogens (tertiary/aromatic N) is 1. The Balaban J connectivity index is 1.32. The second kappa shape index (κ2) is 9.28. The van der Waals surface area contributed by atoms with Gasteiger partial charge in [-0.05, 0) is 85.2 Å². The van der Waals surface area contributed by atoms with E-state index in [9.17, 15) is 19.7 Å². The van der Waals surface area contributed by atoms with E-state index in [4.69, 9.17) is 4.74 Å². The molecule has 0 saturated heterocycles. The minimum absolute atomic E-state index is 0.00191. The standard InChI is InChI=1S/C30H37NO5/c1-19(32)36-23-13-15-29(2)21(18-23)8-9-24-25-10-11-27(30(25,3)16-14-26(24)29)28(33)12-7-20-5-4-6-22(17-20)31(34)35/h4-8,12,17,23-27H,9-11,13-16,18H2,1-3H3/b12-7+. The molecule has 3 saturated carbocycles. The van der Waals surface area contributed by atoms with Crippen LogP contribution in [0.5, 0.6) is 0 Å². The predicted octanol–water partition coefficient (Wildman–Crippen LogP) is 6.69. The van der Waals surface area contributed by atoms with E-state index in [0.29, 0.717) is 23.3 Å². The lowest BCUT2D eigenvalue weighted by Crippen LogP contribution is -2.51. The zero-order chi connectivity index (χ0) is 25.7. The minimum Gasteiger partial charge on any atom is -0.462 e. The number of non-ortho nitro benzene ring substituents is 1. The van der Waals surface area contributed by atoms with Gasteiger partial charge in [-0.1, -0.05) is 43.7 Å². The van der Waals surface area contributed by atoms with Gasteiger partial charge in [-0.25, -0.2) is 0 Å². The highest BCUT2D eigenvalue weighted by Gasteiger charge is 2.59. The summed E-state index contributed by atoms with van der Waals surface area (Å²) in [6.45, 7) is 6.27. The normalized spacial score (nSPS) is 37.4. The first-order chi connectivity index (χ1) is 17.1. The van der Waals surface area contributed by atoms with Gasteiger partial charge in [-0.3, -0.25) is 19.7 Å². The highest BCUT2D eigenvalue weighted by Crippen LogP contribution is 2.66. The van der Waals surface area contributed by atoms with Gasteiger partial charge in [0.2, 0.25) is 0 Å². The van der Waals surface area contributed by atoms with Crippen LogP contribution in [0.25, 0.3) is 6.08 Å². The Morgan fingerprint density at radius 3 is 2.67 bits per heavy atom. The molecule has 0 amide bonds. The molecular formula is C30H37NO5. The maximum Gasteiger partial charge on any atom is 0.302 e. The number of fused-ring (bicyclic) bond motifs is 5. The number of allylic oxidation sites excluding steroid dienone is 2. The molecule has 6 heteroatoms. The average molecular weight is 492 g/mol. The van der Waals surface area contributed by atoms with Crippen LogP contribution in [0.2, 0.25) is 0 Å². The minimum atomic E-state index is -0.409. The van der Waals surface area contributed by atoms with Crippen LogP contribution < -0.4 is 0 Å². The molecule has 5 rings (SSSR count). The summed E-state index contributed by atoms with van der Waals surface area (Å²) < 4.78 is 5.56. The number of ketones is 1. The number of rotatable bonds is 5. The van der Waals surface area contributed by atoms with E-state index in [0.717, 1.165) is 51.4 Å². The van der Waals surface area contributed by atoms with Crippen molar-refractivity contribution in [1.29, 1.82) is 0 Å². The molecule has 1 aromatic rings. The first-order valence-electron chi connectivity index (χ1n) is 13.4. The fraction of sp³-hybridized carbons (Fsp3) is 0.600. The van der Waals surface area contributed by atoms with Crippen molar-refractivity contribution >= 4 is 23.5 Å². The van der Waals surface area contributed by atoms with E-state index in [1.807, 2.05) is 0 Å². The molecule has 1 aromatic carbocycles. The molecule has 0 bridgehead atoms. The molecule has 0 aliphatic heterocycles. The van der Waals surface area contributed by atoms with Crippen molar-refractivity contribution in [3.05, 3.63) is 57.7 Å². The van der Waals surface area contributed by atoms with Gasteiger partial charge in [0.1, 0.15) is 6.10 Å². The third-order valence-corrected chi connectivity index (χ3v) is 10.3. The van der Waals surface area contributed by atoms with Gasteiger partial charge >= 0.3 is 5.97 Å². The van der Waals surface area contributed by atoms with Gasteiger partial charge in [0.05, 0.1) is 4.92 Å². The fourth-order valence-electron chi connectivity index (χ4n) is 8.47. The molecule has 0 radical (unpaired) electrons.